The molecule has 1 aromatic heterocycles. The van der Waals surface area contributed by atoms with Gasteiger partial charge in [-0.2, -0.15) is 5.10 Å². The van der Waals surface area contributed by atoms with Crippen LogP contribution in [0.1, 0.15) is 26.5 Å². The highest BCUT2D eigenvalue weighted by atomic mass is 16.3. The van der Waals surface area contributed by atoms with Crippen LogP contribution in [0.5, 0.6) is 5.75 Å². The molecule has 3 aromatic rings. The first-order chi connectivity index (χ1) is 10.5. The van der Waals surface area contributed by atoms with Gasteiger partial charge in [0.15, 0.2) is 5.75 Å². The molecule has 3 rings (SSSR count). The highest BCUT2D eigenvalue weighted by Crippen LogP contribution is 2.39. The van der Waals surface area contributed by atoms with Crippen molar-refractivity contribution in [2.45, 2.75) is 26.2 Å². The summed E-state index contributed by atoms with van der Waals surface area (Å²) in [7, 11) is 0. The molecule has 0 radical (unpaired) electrons. The van der Waals surface area contributed by atoms with Crippen LogP contribution >= 0.6 is 0 Å². The predicted molar refractivity (Wildman–Crippen MR) is 89.4 cm³/mol. The molecule has 1 heterocycles. The smallest absolute Gasteiger partial charge is 0.166 e. The van der Waals surface area contributed by atoms with Gasteiger partial charge in [-0.3, -0.25) is 0 Å². The van der Waals surface area contributed by atoms with Gasteiger partial charge in [0, 0.05) is 11.0 Å². The van der Waals surface area contributed by atoms with Gasteiger partial charge in [-0.1, -0.05) is 69.3 Å². The maximum atomic E-state index is 10.8. The van der Waals surface area contributed by atoms with Gasteiger partial charge in [-0.25, -0.2) is 4.68 Å². The molecule has 0 saturated heterocycles. The fourth-order valence-electron chi connectivity index (χ4n) is 2.53. The van der Waals surface area contributed by atoms with Crippen molar-refractivity contribution in [3.8, 4) is 22.7 Å². The lowest BCUT2D eigenvalue weighted by molar-refractivity contribution is 0.445. The number of rotatable bonds is 2. The summed E-state index contributed by atoms with van der Waals surface area (Å²) in [4.78, 5) is 0. The summed E-state index contributed by atoms with van der Waals surface area (Å²) >= 11 is 0. The minimum Gasteiger partial charge on any atom is -0.504 e. The Morgan fingerprint density at radius 2 is 1.41 bits per heavy atom. The van der Waals surface area contributed by atoms with E-state index in [1.54, 1.807) is 0 Å². The summed E-state index contributed by atoms with van der Waals surface area (Å²) in [5.41, 5.74) is 3.10. The second-order valence-corrected chi connectivity index (χ2v) is 6.41. The molecule has 0 amide bonds. The first kappa shape index (κ1) is 14.4. The van der Waals surface area contributed by atoms with Gasteiger partial charge in [-0.05, 0) is 12.1 Å². The van der Waals surface area contributed by atoms with E-state index in [4.69, 9.17) is 5.10 Å². The van der Waals surface area contributed by atoms with Gasteiger partial charge in [0.2, 0.25) is 0 Å². The van der Waals surface area contributed by atoms with Crippen LogP contribution in [0.4, 0.5) is 0 Å². The van der Waals surface area contributed by atoms with E-state index in [2.05, 4.69) is 20.8 Å². The summed E-state index contributed by atoms with van der Waals surface area (Å²) in [5.74, 6) is 0.252. The maximum Gasteiger partial charge on any atom is 0.166 e. The quantitative estimate of drug-likeness (QED) is 0.753. The molecule has 0 aliphatic heterocycles. The Morgan fingerprint density at radius 3 is 1.95 bits per heavy atom. The third-order valence-corrected chi connectivity index (χ3v) is 3.62. The third kappa shape index (κ3) is 2.50. The Morgan fingerprint density at radius 1 is 0.864 bits per heavy atom. The Labute approximate surface area is 130 Å². The van der Waals surface area contributed by atoms with Crippen LogP contribution in [0, 0.1) is 0 Å². The molecule has 3 heteroatoms. The first-order valence-corrected chi connectivity index (χ1v) is 7.42. The minimum atomic E-state index is -0.229. The van der Waals surface area contributed by atoms with Gasteiger partial charge in [-0.15, -0.1) is 0 Å². The summed E-state index contributed by atoms with van der Waals surface area (Å²) in [6, 6.07) is 19.8. The number of hydrogen-bond acceptors (Lipinski definition) is 2. The summed E-state index contributed by atoms with van der Waals surface area (Å²) in [5, 5.41) is 15.5. The van der Waals surface area contributed by atoms with Gasteiger partial charge in [0.25, 0.3) is 0 Å². The molecule has 0 aliphatic rings. The minimum absolute atomic E-state index is 0.229. The summed E-state index contributed by atoms with van der Waals surface area (Å²) in [6.45, 7) is 6.16. The van der Waals surface area contributed by atoms with Crippen molar-refractivity contribution in [1.82, 2.24) is 9.78 Å². The zero-order chi connectivity index (χ0) is 15.7. The third-order valence-electron chi connectivity index (χ3n) is 3.62. The predicted octanol–water partition coefficient (Wildman–Crippen LogP) is 4.54. The Bertz CT molecular complexity index is 768. The lowest BCUT2D eigenvalue weighted by Crippen LogP contribution is -2.12. The molecule has 2 aromatic carbocycles. The Kier molecular flexibility index (Phi) is 3.49. The van der Waals surface area contributed by atoms with Crippen LogP contribution in [0.2, 0.25) is 0 Å². The zero-order valence-corrected chi connectivity index (χ0v) is 13.1. The average Bonchev–Trinajstić information content (AvgIpc) is 2.86. The van der Waals surface area contributed by atoms with Crippen LogP contribution < -0.4 is 0 Å². The molecule has 0 spiro atoms. The lowest BCUT2D eigenvalue weighted by atomic mass is 9.91. The van der Waals surface area contributed by atoms with Crippen molar-refractivity contribution in [2.75, 3.05) is 0 Å². The average molecular weight is 292 g/mol. The number of aromatic hydroxyl groups is 1. The van der Waals surface area contributed by atoms with E-state index in [1.165, 1.54) is 0 Å². The topological polar surface area (TPSA) is 38.0 Å². The van der Waals surface area contributed by atoms with E-state index in [1.807, 2.05) is 65.3 Å². The molecule has 1 N–H and O–H groups in total. The van der Waals surface area contributed by atoms with Crippen molar-refractivity contribution in [1.29, 1.82) is 0 Å². The molecule has 0 fully saturated rings. The molecule has 0 bridgehead atoms. The van der Waals surface area contributed by atoms with Crippen molar-refractivity contribution < 1.29 is 5.11 Å². The second kappa shape index (κ2) is 5.34. The van der Waals surface area contributed by atoms with Crippen LogP contribution in [0.15, 0.2) is 60.7 Å². The number of aromatic nitrogens is 2. The molecule has 0 atom stereocenters. The monoisotopic (exact) mass is 292 g/mol. The molecular formula is C19H20N2O. The molecular weight excluding hydrogens is 272 g/mol. The van der Waals surface area contributed by atoms with Crippen molar-refractivity contribution in [3.05, 3.63) is 66.4 Å². The summed E-state index contributed by atoms with van der Waals surface area (Å²) in [6.07, 6.45) is 0. The SMILES string of the molecule is CC(C)(C)c1nn(-c2ccccc2)c(-c2ccccc2)c1O. The fraction of sp³-hybridized carbons (Fsp3) is 0.211. The Balaban J connectivity index is 2.29. The molecule has 112 valence electrons. The molecule has 0 unspecified atom stereocenters. The van der Waals surface area contributed by atoms with Gasteiger partial charge in [0.05, 0.1) is 5.69 Å². The normalized spacial score (nSPS) is 11.6. The van der Waals surface area contributed by atoms with Crippen LogP contribution in [0.3, 0.4) is 0 Å². The van der Waals surface area contributed by atoms with E-state index < -0.39 is 0 Å². The molecule has 0 aliphatic carbocycles. The lowest BCUT2D eigenvalue weighted by Gasteiger charge is -2.15. The first-order valence-electron chi connectivity index (χ1n) is 7.42. The van der Waals surface area contributed by atoms with Crippen LogP contribution in [-0.2, 0) is 5.41 Å². The largest absolute Gasteiger partial charge is 0.504 e. The number of para-hydroxylation sites is 1. The van der Waals surface area contributed by atoms with Gasteiger partial charge >= 0.3 is 0 Å². The number of nitrogens with zero attached hydrogens (tertiary/aromatic N) is 2. The van der Waals surface area contributed by atoms with E-state index in [0.29, 0.717) is 5.69 Å². The van der Waals surface area contributed by atoms with E-state index >= 15 is 0 Å². The summed E-state index contributed by atoms with van der Waals surface area (Å²) < 4.78 is 1.82. The molecule has 22 heavy (non-hydrogen) atoms. The maximum absolute atomic E-state index is 10.8. The van der Waals surface area contributed by atoms with Crippen LogP contribution in [0.25, 0.3) is 16.9 Å². The van der Waals surface area contributed by atoms with Gasteiger partial charge < -0.3 is 5.11 Å². The van der Waals surface area contributed by atoms with E-state index in [-0.39, 0.29) is 11.2 Å². The molecule has 0 saturated carbocycles. The zero-order valence-electron chi connectivity index (χ0n) is 13.1. The van der Waals surface area contributed by atoms with Crippen molar-refractivity contribution in [2.24, 2.45) is 0 Å². The van der Waals surface area contributed by atoms with E-state index in [9.17, 15) is 5.11 Å². The standard InChI is InChI=1S/C19H20N2O/c1-19(2,3)18-17(22)16(14-10-6-4-7-11-14)21(20-18)15-12-8-5-9-13-15/h4-13,22H,1-3H3. The number of benzene rings is 2. The van der Waals surface area contributed by atoms with Gasteiger partial charge in [0.1, 0.15) is 11.4 Å². The van der Waals surface area contributed by atoms with Crippen LogP contribution in [-0.4, -0.2) is 14.9 Å². The second-order valence-electron chi connectivity index (χ2n) is 6.41. The fourth-order valence-corrected chi connectivity index (χ4v) is 2.53. The highest BCUT2D eigenvalue weighted by Gasteiger charge is 2.27. The molecule has 3 nitrogen and oxygen atoms in total. The number of hydrogen-bond donors (Lipinski definition) is 1. The van der Waals surface area contributed by atoms with E-state index in [0.717, 1.165) is 16.9 Å². The van der Waals surface area contributed by atoms with Crippen molar-refractivity contribution >= 4 is 0 Å². The Hall–Kier alpha value is -2.55. The highest BCUT2D eigenvalue weighted by molar-refractivity contribution is 5.70. The van der Waals surface area contributed by atoms with Crippen molar-refractivity contribution in [3.63, 3.8) is 0 Å².